The molecule has 3 nitrogen and oxygen atoms in total. The Bertz CT molecular complexity index is 680. The molecule has 7 atom stereocenters. The fourth-order valence-electron chi connectivity index (χ4n) is 8.20. The summed E-state index contributed by atoms with van der Waals surface area (Å²) in [6.45, 7) is 19.2. The van der Waals surface area contributed by atoms with Gasteiger partial charge in [-0.3, -0.25) is 9.59 Å². The monoisotopic (exact) mass is 476 g/mol. The number of fused-ring (bicyclic) bond motifs is 5. The van der Waals surface area contributed by atoms with Crippen molar-refractivity contribution in [2.24, 2.45) is 40.4 Å². The zero-order valence-electron chi connectivity index (χ0n) is 24.0. The van der Waals surface area contributed by atoms with Crippen molar-refractivity contribution < 1.29 is 14.7 Å². The molecule has 34 heavy (non-hydrogen) atoms. The zero-order valence-corrected chi connectivity index (χ0v) is 24.0. The molecule has 0 amide bonds. The summed E-state index contributed by atoms with van der Waals surface area (Å²) in [5.74, 6) is 2.90. The largest absolute Gasteiger partial charge is 0.481 e. The smallest absolute Gasteiger partial charge is 0.303 e. The van der Waals surface area contributed by atoms with Crippen LogP contribution in [0.15, 0.2) is 11.6 Å². The highest BCUT2D eigenvalue weighted by Crippen LogP contribution is 2.67. The Hall–Kier alpha value is -1.12. The highest BCUT2D eigenvalue weighted by Gasteiger charge is 2.63. The van der Waals surface area contributed by atoms with E-state index in [1.165, 1.54) is 69.8 Å². The molecule has 198 valence electrons. The van der Waals surface area contributed by atoms with E-state index in [2.05, 4.69) is 33.8 Å². The van der Waals surface area contributed by atoms with Gasteiger partial charge >= 0.3 is 5.97 Å². The van der Waals surface area contributed by atoms with Crippen LogP contribution in [-0.2, 0) is 9.59 Å². The Morgan fingerprint density at radius 1 is 0.941 bits per heavy atom. The van der Waals surface area contributed by atoms with Gasteiger partial charge in [0, 0.05) is 12.3 Å². The summed E-state index contributed by atoms with van der Waals surface area (Å²) in [7, 11) is 0. The minimum Gasteiger partial charge on any atom is -0.481 e. The van der Waals surface area contributed by atoms with Crippen molar-refractivity contribution in [1.82, 2.24) is 0 Å². The molecule has 0 bridgehead atoms. The number of carboxylic acid groups (broad SMARTS) is 1. The number of carbonyl (C=O) groups is 2. The summed E-state index contributed by atoms with van der Waals surface area (Å²) in [6.07, 6.45) is 15.8. The third kappa shape index (κ3) is 5.81. The molecule has 4 rings (SSSR count). The van der Waals surface area contributed by atoms with Gasteiger partial charge < -0.3 is 5.11 Å². The summed E-state index contributed by atoms with van der Waals surface area (Å²) < 4.78 is 0. The predicted octanol–water partition coefficient (Wildman–Crippen LogP) is 9.10. The van der Waals surface area contributed by atoms with E-state index in [9.17, 15) is 9.59 Å². The normalized spacial score (nSPS) is 39.0. The first-order chi connectivity index (χ1) is 16.2. The summed E-state index contributed by atoms with van der Waals surface area (Å²) in [5.41, 5.74) is 2.05. The first-order valence-electron chi connectivity index (χ1n) is 14.7. The van der Waals surface area contributed by atoms with Crippen LogP contribution >= 0.6 is 0 Å². The summed E-state index contributed by atoms with van der Waals surface area (Å²) in [5, 5.41) is 7.72. The molecule has 0 aromatic carbocycles. The maximum Gasteiger partial charge on any atom is 0.303 e. The van der Waals surface area contributed by atoms with E-state index in [0.29, 0.717) is 40.3 Å². The van der Waals surface area contributed by atoms with Crippen LogP contribution in [-0.4, -0.2) is 16.9 Å². The van der Waals surface area contributed by atoms with Crippen molar-refractivity contribution in [1.29, 1.82) is 0 Å². The first kappa shape index (κ1) is 30.9. The molecule has 0 aromatic heterocycles. The molecule has 3 heteroatoms. The lowest BCUT2D eigenvalue weighted by molar-refractivity contribution is -0.145. The highest BCUT2D eigenvalue weighted by atomic mass is 16.4. The summed E-state index contributed by atoms with van der Waals surface area (Å²) >= 11 is 0. The lowest BCUT2D eigenvalue weighted by Crippen LogP contribution is -2.57. The van der Waals surface area contributed by atoms with Gasteiger partial charge in [0.15, 0.2) is 5.78 Å². The Labute approximate surface area is 211 Å². The van der Waals surface area contributed by atoms with Crippen LogP contribution in [0.1, 0.15) is 133 Å². The van der Waals surface area contributed by atoms with Gasteiger partial charge in [-0.15, -0.1) is 0 Å². The number of carbonyl (C=O) groups excluding carboxylic acids is 1. The van der Waals surface area contributed by atoms with Crippen LogP contribution < -0.4 is 0 Å². The van der Waals surface area contributed by atoms with Crippen molar-refractivity contribution in [3.8, 4) is 0 Å². The van der Waals surface area contributed by atoms with Crippen LogP contribution in [0.4, 0.5) is 0 Å². The van der Waals surface area contributed by atoms with Crippen LogP contribution in [0.2, 0.25) is 0 Å². The van der Waals surface area contributed by atoms with E-state index in [4.69, 9.17) is 5.11 Å². The van der Waals surface area contributed by atoms with Crippen LogP contribution in [0.25, 0.3) is 0 Å². The predicted molar refractivity (Wildman–Crippen MR) is 145 cm³/mol. The average Bonchev–Trinajstić information content (AvgIpc) is 3.19. The SMILES string of the molecule is C/C=C1/C(=O)[C@H]2C3CC[C@H](CCC)C3(C)CCC2[C@@]2(C)CCCC[C@@H]12.CC.CC.CCC(=O)O. The molecular formula is C31H56O3. The number of ketones is 1. The van der Waals surface area contributed by atoms with Crippen LogP contribution in [0.3, 0.4) is 0 Å². The lowest BCUT2D eigenvalue weighted by atomic mass is 9.43. The second-order valence-corrected chi connectivity index (χ2v) is 11.0. The van der Waals surface area contributed by atoms with E-state index in [1.807, 2.05) is 27.7 Å². The van der Waals surface area contributed by atoms with Crippen molar-refractivity contribution >= 4 is 11.8 Å². The second-order valence-electron chi connectivity index (χ2n) is 11.0. The number of Topliss-reactive ketones (excluding diaryl/α,β-unsaturated/α-hetero) is 1. The number of hydrogen-bond acceptors (Lipinski definition) is 2. The Morgan fingerprint density at radius 3 is 2.06 bits per heavy atom. The molecule has 3 unspecified atom stereocenters. The van der Waals surface area contributed by atoms with E-state index in [0.717, 1.165) is 5.92 Å². The van der Waals surface area contributed by atoms with Gasteiger partial charge in [0.05, 0.1) is 0 Å². The number of aliphatic carboxylic acids is 1. The molecule has 0 spiro atoms. The van der Waals surface area contributed by atoms with Gasteiger partial charge in [-0.05, 0) is 85.5 Å². The molecule has 0 saturated heterocycles. The van der Waals surface area contributed by atoms with E-state index < -0.39 is 5.97 Å². The molecule has 0 aromatic rings. The Kier molecular flexibility index (Phi) is 12.6. The highest BCUT2D eigenvalue weighted by molar-refractivity contribution is 5.99. The summed E-state index contributed by atoms with van der Waals surface area (Å²) in [6, 6.07) is 0. The van der Waals surface area contributed by atoms with Crippen molar-refractivity contribution in [2.45, 2.75) is 133 Å². The van der Waals surface area contributed by atoms with Crippen molar-refractivity contribution in [3.05, 3.63) is 11.6 Å². The Balaban J connectivity index is 0.000000563. The van der Waals surface area contributed by atoms with E-state index >= 15 is 0 Å². The minimum atomic E-state index is -0.745. The molecule has 0 aliphatic heterocycles. The second kappa shape index (κ2) is 13.8. The number of hydrogen-bond donors (Lipinski definition) is 1. The standard InChI is InChI=1S/C24H38O.C3H6O2.2C2H6/c1-5-9-16-11-12-19-21-20(13-15-23(16,19)3)24(4)14-8-7-10-18(24)17(6-2)22(21)25;1-2-3(4)5;2*1-2/h6,16,18-21H,5,7-15H2,1-4H3;2H2,1H3,(H,4,5);2*1-2H3/b17-6+;;;/t16-,18-,19?,20?,21-,23?,24-;;;/m0.../s1. The van der Waals surface area contributed by atoms with Gasteiger partial charge in [0.2, 0.25) is 0 Å². The molecule has 4 aliphatic rings. The fourth-order valence-corrected chi connectivity index (χ4v) is 8.20. The van der Waals surface area contributed by atoms with E-state index in [1.54, 1.807) is 6.92 Å². The lowest BCUT2D eigenvalue weighted by Gasteiger charge is -2.60. The molecule has 4 fully saturated rings. The maximum atomic E-state index is 13.7. The number of allylic oxidation sites excluding steroid dienone is 2. The molecule has 0 heterocycles. The molecular weight excluding hydrogens is 420 g/mol. The van der Waals surface area contributed by atoms with Gasteiger partial charge in [-0.2, -0.15) is 0 Å². The topological polar surface area (TPSA) is 54.4 Å². The quantitative estimate of drug-likeness (QED) is 0.413. The first-order valence-corrected chi connectivity index (χ1v) is 14.7. The summed E-state index contributed by atoms with van der Waals surface area (Å²) in [4.78, 5) is 23.0. The zero-order chi connectivity index (χ0) is 26.1. The maximum absolute atomic E-state index is 13.7. The molecule has 4 saturated carbocycles. The third-order valence-electron chi connectivity index (χ3n) is 9.78. The van der Waals surface area contributed by atoms with Crippen molar-refractivity contribution in [3.63, 3.8) is 0 Å². The number of rotatable bonds is 3. The molecule has 1 N–H and O–H groups in total. The Morgan fingerprint density at radius 2 is 1.53 bits per heavy atom. The average molecular weight is 477 g/mol. The number of carboxylic acids is 1. The third-order valence-corrected chi connectivity index (χ3v) is 9.78. The minimum absolute atomic E-state index is 0.222. The van der Waals surface area contributed by atoms with Crippen LogP contribution in [0, 0.1) is 40.4 Å². The van der Waals surface area contributed by atoms with Gasteiger partial charge in [0.1, 0.15) is 0 Å². The molecule has 0 radical (unpaired) electrons. The van der Waals surface area contributed by atoms with Gasteiger partial charge in [-0.25, -0.2) is 0 Å². The van der Waals surface area contributed by atoms with Gasteiger partial charge in [-0.1, -0.05) is 87.1 Å². The van der Waals surface area contributed by atoms with Gasteiger partial charge in [0.25, 0.3) is 0 Å². The fraction of sp³-hybridized carbons (Fsp3) is 0.871. The van der Waals surface area contributed by atoms with Crippen molar-refractivity contribution in [2.75, 3.05) is 0 Å². The molecule has 4 aliphatic carbocycles. The van der Waals surface area contributed by atoms with Crippen LogP contribution in [0.5, 0.6) is 0 Å². The van der Waals surface area contributed by atoms with E-state index in [-0.39, 0.29) is 6.42 Å².